The van der Waals surface area contributed by atoms with Gasteiger partial charge < -0.3 is 11.1 Å². The highest BCUT2D eigenvalue weighted by Gasteiger charge is 2.05. The van der Waals surface area contributed by atoms with Crippen molar-refractivity contribution < 1.29 is 0 Å². The van der Waals surface area contributed by atoms with E-state index in [0.717, 1.165) is 16.4 Å². The molecule has 0 aliphatic rings. The van der Waals surface area contributed by atoms with Crippen molar-refractivity contribution in [2.45, 2.75) is 19.5 Å². The zero-order valence-electron chi connectivity index (χ0n) is 9.34. The number of thiazole rings is 1. The summed E-state index contributed by atoms with van der Waals surface area (Å²) in [5, 5.41) is 10.3. The molecule has 0 spiro atoms. The van der Waals surface area contributed by atoms with Crippen molar-refractivity contribution in [2.75, 3.05) is 5.32 Å². The molecule has 2 rings (SSSR count). The SMILES string of the molecule is CC(N)c1nc(CNc2cnn(C)c2)cs1. The van der Waals surface area contributed by atoms with Crippen molar-refractivity contribution in [3.63, 3.8) is 0 Å². The van der Waals surface area contributed by atoms with Crippen molar-refractivity contribution >= 4 is 17.0 Å². The number of nitrogens with two attached hydrogens (primary N) is 1. The summed E-state index contributed by atoms with van der Waals surface area (Å²) in [6.45, 7) is 2.64. The average molecular weight is 237 g/mol. The predicted molar refractivity (Wildman–Crippen MR) is 65.3 cm³/mol. The molecule has 0 bridgehead atoms. The van der Waals surface area contributed by atoms with Gasteiger partial charge in [-0.05, 0) is 6.92 Å². The van der Waals surface area contributed by atoms with E-state index >= 15 is 0 Å². The Hall–Kier alpha value is -1.40. The van der Waals surface area contributed by atoms with E-state index in [2.05, 4.69) is 15.4 Å². The summed E-state index contributed by atoms with van der Waals surface area (Å²) in [5.41, 5.74) is 7.76. The fourth-order valence-corrected chi connectivity index (χ4v) is 2.10. The highest BCUT2D eigenvalue weighted by molar-refractivity contribution is 7.09. The number of nitrogens with zero attached hydrogens (tertiary/aromatic N) is 3. The molecule has 2 aromatic heterocycles. The summed E-state index contributed by atoms with van der Waals surface area (Å²) < 4.78 is 1.76. The van der Waals surface area contributed by atoms with Crippen LogP contribution in [0.25, 0.3) is 0 Å². The zero-order valence-corrected chi connectivity index (χ0v) is 10.2. The van der Waals surface area contributed by atoms with Gasteiger partial charge in [-0.1, -0.05) is 0 Å². The predicted octanol–water partition coefficient (Wildman–Crippen LogP) is 1.51. The second-order valence-electron chi connectivity index (χ2n) is 3.72. The molecule has 0 fully saturated rings. The minimum Gasteiger partial charge on any atom is -0.377 e. The summed E-state index contributed by atoms with van der Waals surface area (Å²) in [4.78, 5) is 4.44. The molecule has 0 amide bonds. The smallest absolute Gasteiger partial charge is 0.109 e. The molecule has 2 aromatic rings. The highest BCUT2D eigenvalue weighted by Crippen LogP contribution is 2.16. The van der Waals surface area contributed by atoms with Crippen molar-refractivity contribution in [1.82, 2.24) is 14.8 Å². The Kier molecular flexibility index (Phi) is 3.21. The summed E-state index contributed by atoms with van der Waals surface area (Å²) >= 11 is 1.60. The molecular formula is C10H15N5S. The fraction of sp³-hybridized carbons (Fsp3) is 0.400. The van der Waals surface area contributed by atoms with E-state index in [0.29, 0.717) is 6.54 Å². The molecule has 3 N–H and O–H groups in total. The highest BCUT2D eigenvalue weighted by atomic mass is 32.1. The Morgan fingerprint density at radius 3 is 3.00 bits per heavy atom. The van der Waals surface area contributed by atoms with Crippen LogP contribution in [0.2, 0.25) is 0 Å². The number of aryl methyl sites for hydroxylation is 1. The molecule has 6 heteroatoms. The number of aromatic nitrogens is 3. The Morgan fingerprint density at radius 2 is 2.44 bits per heavy atom. The van der Waals surface area contributed by atoms with Gasteiger partial charge in [0.05, 0.1) is 30.2 Å². The van der Waals surface area contributed by atoms with Crippen LogP contribution in [0, 0.1) is 0 Å². The maximum Gasteiger partial charge on any atom is 0.109 e. The molecule has 0 saturated heterocycles. The fourth-order valence-electron chi connectivity index (χ4n) is 1.32. The first-order chi connectivity index (χ1) is 7.65. The lowest BCUT2D eigenvalue weighted by molar-refractivity contribution is 0.768. The van der Waals surface area contributed by atoms with Crippen LogP contribution in [-0.4, -0.2) is 14.8 Å². The van der Waals surface area contributed by atoms with Crippen molar-refractivity contribution in [3.8, 4) is 0 Å². The summed E-state index contributed by atoms with van der Waals surface area (Å²) in [5.74, 6) is 0. The van der Waals surface area contributed by atoms with Gasteiger partial charge in [-0.15, -0.1) is 11.3 Å². The Balaban J connectivity index is 1.94. The largest absolute Gasteiger partial charge is 0.377 e. The van der Waals surface area contributed by atoms with Crippen LogP contribution in [0.4, 0.5) is 5.69 Å². The van der Waals surface area contributed by atoms with Crippen LogP contribution in [0.1, 0.15) is 23.7 Å². The van der Waals surface area contributed by atoms with Gasteiger partial charge in [0, 0.05) is 18.6 Å². The Labute approximate surface area is 98.3 Å². The van der Waals surface area contributed by atoms with Gasteiger partial charge in [0.2, 0.25) is 0 Å². The van der Waals surface area contributed by atoms with Gasteiger partial charge in [-0.2, -0.15) is 5.10 Å². The lowest BCUT2D eigenvalue weighted by Gasteiger charge is -2.00. The van der Waals surface area contributed by atoms with Gasteiger partial charge in [0.25, 0.3) is 0 Å². The van der Waals surface area contributed by atoms with E-state index in [1.165, 1.54) is 0 Å². The minimum atomic E-state index is 0.0112. The average Bonchev–Trinajstić information content (AvgIpc) is 2.83. The van der Waals surface area contributed by atoms with Gasteiger partial charge >= 0.3 is 0 Å². The summed E-state index contributed by atoms with van der Waals surface area (Å²) in [7, 11) is 1.89. The van der Waals surface area contributed by atoms with E-state index in [4.69, 9.17) is 5.73 Å². The van der Waals surface area contributed by atoms with Crippen LogP contribution in [-0.2, 0) is 13.6 Å². The lowest BCUT2D eigenvalue weighted by atomic mass is 10.4. The molecule has 2 heterocycles. The third-order valence-electron chi connectivity index (χ3n) is 2.14. The van der Waals surface area contributed by atoms with Crippen LogP contribution in [0.3, 0.4) is 0 Å². The van der Waals surface area contributed by atoms with Crippen LogP contribution < -0.4 is 11.1 Å². The summed E-state index contributed by atoms with van der Waals surface area (Å²) in [6, 6.07) is 0.0112. The third kappa shape index (κ3) is 2.59. The monoisotopic (exact) mass is 237 g/mol. The zero-order chi connectivity index (χ0) is 11.5. The van der Waals surface area contributed by atoms with E-state index in [-0.39, 0.29) is 6.04 Å². The molecule has 0 aliphatic carbocycles. The van der Waals surface area contributed by atoms with E-state index < -0.39 is 0 Å². The maximum atomic E-state index is 5.75. The number of anilines is 1. The molecular weight excluding hydrogens is 222 g/mol. The first kappa shape index (κ1) is 11.1. The molecule has 86 valence electrons. The molecule has 0 saturated carbocycles. The first-order valence-corrected chi connectivity index (χ1v) is 5.95. The third-order valence-corrected chi connectivity index (χ3v) is 3.23. The van der Waals surface area contributed by atoms with Gasteiger partial charge in [0.1, 0.15) is 5.01 Å². The van der Waals surface area contributed by atoms with Gasteiger partial charge in [-0.3, -0.25) is 4.68 Å². The van der Waals surface area contributed by atoms with Gasteiger partial charge in [0.15, 0.2) is 0 Å². The first-order valence-electron chi connectivity index (χ1n) is 5.07. The molecule has 16 heavy (non-hydrogen) atoms. The second-order valence-corrected chi connectivity index (χ2v) is 4.61. The summed E-state index contributed by atoms with van der Waals surface area (Å²) in [6.07, 6.45) is 3.72. The minimum absolute atomic E-state index is 0.0112. The molecule has 0 aliphatic heterocycles. The number of hydrogen-bond acceptors (Lipinski definition) is 5. The quantitative estimate of drug-likeness (QED) is 0.845. The number of hydrogen-bond donors (Lipinski definition) is 2. The van der Waals surface area contributed by atoms with Crippen LogP contribution in [0.15, 0.2) is 17.8 Å². The molecule has 5 nitrogen and oxygen atoms in total. The van der Waals surface area contributed by atoms with Crippen LogP contribution >= 0.6 is 11.3 Å². The molecule has 1 atom stereocenters. The Morgan fingerprint density at radius 1 is 1.62 bits per heavy atom. The lowest BCUT2D eigenvalue weighted by Crippen LogP contribution is -2.05. The maximum absolute atomic E-state index is 5.75. The molecule has 1 unspecified atom stereocenters. The van der Waals surface area contributed by atoms with E-state index in [1.807, 2.05) is 25.5 Å². The molecule has 0 radical (unpaired) electrons. The standard InChI is InChI=1S/C10H15N5S/c1-7(11)10-14-9(6-16-10)3-12-8-4-13-15(2)5-8/h4-7,12H,3,11H2,1-2H3. The Bertz CT molecular complexity index is 459. The molecule has 0 aromatic carbocycles. The number of nitrogens with one attached hydrogen (secondary N) is 1. The van der Waals surface area contributed by atoms with E-state index in [1.54, 1.807) is 22.2 Å². The van der Waals surface area contributed by atoms with Gasteiger partial charge in [-0.25, -0.2) is 4.98 Å². The van der Waals surface area contributed by atoms with Crippen molar-refractivity contribution in [1.29, 1.82) is 0 Å². The topological polar surface area (TPSA) is 68.8 Å². The normalized spacial score (nSPS) is 12.7. The number of rotatable bonds is 4. The second kappa shape index (κ2) is 4.63. The van der Waals surface area contributed by atoms with Crippen molar-refractivity contribution in [2.24, 2.45) is 12.8 Å². The van der Waals surface area contributed by atoms with E-state index in [9.17, 15) is 0 Å². The van der Waals surface area contributed by atoms with Crippen molar-refractivity contribution in [3.05, 3.63) is 28.5 Å². The van der Waals surface area contributed by atoms with Crippen LogP contribution in [0.5, 0.6) is 0 Å².